The number of carbonyl (C=O) groups excluding carboxylic acids is 1. The molecule has 5 aromatic rings. The standard InChI is InChI=1S/C29H27N5O3/c1-20-10-12-21(13-11-20)29-30-26(37-31-29)18-32-14-16-33(17-15-32)27(35)19-34-24-8-4-2-6-22(24)28(36)23-7-3-5-9-25(23)34/h2-13H,14-19H2,1H3. The zero-order chi connectivity index (χ0) is 25.4. The van der Waals surface area contributed by atoms with Crippen molar-refractivity contribution in [2.45, 2.75) is 20.0 Å². The van der Waals surface area contributed by atoms with Crippen LogP contribution in [-0.2, 0) is 17.9 Å². The van der Waals surface area contributed by atoms with Gasteiger partial charge in [0.2, 0.25) is 17.6 Å². The van der Waals surface area contributed by atoms with Crippen molar-refractivity contribution >= 4 is 27.7 Å². The van der Waals surface area contributed by atoms with Crippen LogP contribution in [0.3, 0.4) is 0 Å². The number of amides is 1. The average molecular weight is 494 g/mol. The molecule has 0 aliphatic carbocycles. The van der Waals surface area contributed by atoms with Crippen molar-refractivity contribution in [1.82, 2.24) is 24.5 Å². The molecule has 0 unspecified atom stereocenters. The Bertz CT molecular complexity index is 1590. The van der Waals surface area contributed by atoms with Gasteiger partial charge in [0.1, 0.15) is 6.54 Å². The van der Waals surface area contributed by atoms with Crippen molar-refractivity contribution in [3.8, 4) is 11.4 Å². The predicted molar refractivity (Wildman–Crippen MR) is 142 cm³/mol. The van der Waals surface area contributed by atoms with E-state index in [2.05, 4.69) is 15.0 Å². The molecule has 186 valence electrons. The molecule has 37 heavy (non-hydrogen) atoms. The maximum Gasteiger partial charge on any atom is 0.242 e. The van der Waals surface area contributed by atoms with Gasteiger partial charge in [-0.05, 0) is 31.2 Å². The lowest BCUT2D eigenvalue weighted by Crippen LogP contribution is -2.49. The molecule has 8 nitrogen and oxygen atoms in total. The van der Waals surface area contributed by atoms with Crippen LogP contribution in [0, 0.1) is 6.92 Å². The quantitative estimate of drug-likeness (QED) is 0.346. The van der Waals surface area contributed by atoms with Gasteiger partial charge >= 0.3 is 0 Å². The highest BCUT2D eigenvalue weighted by Gasteiger charge is 2.24. The lowest BCUT2D eigenvalue weighted by molar-refractivity contribution is -0.133. The first-order chi connectivity index (χ1) is 18.1. The van der Waals surface area contributed by atoms with Crippen LogP contribution in [0.5, 0.6) is 0 Å². The molecule has 0 saturated carbocycles. The Kier molecular flexibility index (Phi) is 6.02. The highest BCUT2D eigenvalue weighted by atomic mass is 16.5. The summed E-state index contributed by atoms with van der Waals surface area (Å²) in [4.78, 5) is 35.0. The second kappa shape index (κ2) is 9.63. The van der Waals surface area contributed by atoms with E-state index in [9.17, 15) is 9.59 Å². The first-order valence-corrected chi connectivity index (χ1v) is 12.5. The molecule has 0 radical (unpaired) electrons. The molecular weight excluding hydrogens is 466 g/mol. The van der Waals surface area contributed by atoms with Gasteiger partial charge in [-0.15, -0.1) is 0 Å². The van der Waals surface area contributed by atoms with Crippen molar-refractivity contribution in [3.05, 3.63) is 94.5 Å². The van der Waals surface area contributed by atoms with E-state index in [1.807, 2.05) is 89.2 Å². The Morgan fingerprint density at radius 3 is 2.14 bits per heavy atom. The largest absolute Gasteiger partial charge is 0.339 e. The summed E-state index contributed by atoms with van der Waals surface area (Å²) in [5.41, 5.74) is 3.66. The fraction of sp³-hybridized carbons (Fsp3) is 0.241. The van der Waals surface area contributed by atoms with Crippen LogP contribution in [0.1, 0.15) is 11.5 Å². The minimum absolute atomic E-state index is 0.00456. The van der Waals surface area contributed by atoms with Crippen molar-refractivity contribution in [2.75, 3.05) is 26.2 Å². The Morgan fingerprint density at radius 2 is 1.49 bits per heavy atom. The lowest BCUT2D eigenvalue weighted by Gasteiger charge is -2.34. The second-order valence-electron chi connectivity index (χ2n) is 9.48. The molecule has 8 heteroatoms. The summed E-state index contributed by atoms with van der Waals surface area (Å²) in [7, 11) is 0. The Balaban J connectivity index is 1.14. The van der Waals surface area contributed by atoms with Crippen LogP contribution in [0.2, 0.25) is 0 Å². The number of aromatic nitrogens is 3. The van der Waals surface area contributed by atoms with E-state index in [0.717, 1.165) is 29.7 Å². The van der Waals surface area contributed by atoms with E-state index in [1.165, 1.54) is 5.56 Å². The summed E-state index contributed by atoms with van der Waals surface area (Å²) >= 11 is 0. The maximum absolute atomic E-state index is 13.4. The van der Waals surface area contributed by atoms with Crippen LogP contribution in [-0.4, -0.2) is 56.6 Å². The van der Waals surface area contributed by atoms with Gasteiger partial charge in [0.05, 0.1) is 17.6 Å². The Hall–Kier alpha value is -4.30. The molecule has 1 aliphatic rings. The number of hydrogen-bond acceptors (Lipinski definition) is 6. The number of hydrogen-bond donors (Lipinski definition) is 0. The third-order valence-electron chi connectivity index (χ3n) is 7.03. The molecule has 1 amide bonds. The number of benzene rings is 3. The van der Waals surface area contributed by atoms with Crippen LogP contribution in [0.4, 0.5) is 0 Å². The molecule has 6 rings (SSSR count). The number of piperazine rings is 1. The molecule has 3 aromatic carbocycles. The van der Waals surface area contributed by atoms with Gasteiger partial charge in [-0.1, -0.05) is 59.3 Å². The van der Waals surface area contributed by atoms with Gasteiger partial charge in [0.15, 0.2) is 5.43 Å². The number of rotatable bonds is 5. The molecule has 3 heterocycles. The summed E-state index contributed by atoms with van der Waals surface area (Å²) in [5.74, 6) is 1.20. The monoisotopic (exact) mass is 493 g/mol. The van der Waals surface area contributed by atoms with E-state index in [0.29, 0.717) is 42.1 Å². The molecule has 0 bridgehead atoms. The summed E-state index contributed by atoms with van der Waals surface area (Å²) in [6.45, 7) is 5.46. The van der Waals surface area contributed by atoms with Crippen LogP contribution in [0.15, 0.2) is 82.1 Å². The molecule has 1 aliphatic heterocycles. The van der Waals surface area contributed by atoms with Crippen molar-refractivity contribution in [1.29, 1.82) is 0 Å². The van der Waals surface area contributed by atoms with Gasteiger partial charge in [-0.25, -0.2) is 0 Å². The third kappa shape index (κ3) is 4.51. The van der Waals surface area contributed by atoms with E-state index >= 15 is 0 Å². The number of nitrogens with zero attached hydrogens (tertiary/aromatic N) is 5. The van der Waals surface area contributed by atoms with Gasteiger partial charge in [0.25, 0.3) is 0 Å². The van der Waals surface area contributed by atoms with Crippen LogP contribution >= 0.6 is 0 Å². The Morgan fingerprint density at radius 1 is 0.865 bits per heavy atom. The first-order valence-electron chi connectivity index (χ1n) is 12.5. The zero-order valence-corrected chi connectivity index (χ0v) is 20.6. The number of aryl methyl sites for hydroxylation is 1. The zero-order valence-electron chi connectivity index (χ0n) is 20.6. The number of pyridine rings is 1. The number of fused-ring (bicyclic) bond motifs is 2. The molecule has 0 spiro atoms. The molecule has 0 atom stereocenters. The summed E-state index contributed by atoms with van der Waals surface area (Å²) in [6.07, 6.45) is 0. The van der Waals surface area contributed by atoms with E-state index in [4.69, 9.17) is 4.52 Å². The first kappa shape index (κ1) is 23.1. The molecular formula is C29H27N5O3. The maximum atomic E-state index is 13.4. The summed E-state index contributed by atoms with van der Waals surface area (Å²) in [5, 5.41) is 5.38. The second-order valence-corrected chi connectivity index (χ2v) is 9.48. The smallest absolute Gasteiger partial charge is 0.242 e. The van der Waals surface area contributed by atoms with Crippen molar-refractivity contribution < 1.29 is 9.32 Å². The lowest BCUT2D eigenvalue weighted by atomic mass is 10.1. The van der Waals surface area contributed by atoms with Gasteiger partial charge in [0, 0.05) is 42.5 Å². The highest BCUT2D eigenvalue weighted by molar-refractivity contribution is 5.94. The Labute approximate surface area is 213 Å². The minimum Gasteiger partial charge on any atom is -0.339 e. The third-order valence-corrected chi connectivity index (χ3v) is 7.03. The normalized spacial score (nSPS) is 14.5. The van der Waals surface area contributed by atoms with Crippen LogP contribution in [0.25, 0.3) is 33.2 Å². The molecule has 1 fully saturated rings. The fourth-order valence-corrected chi connectivity index (χ4v) is 4.97. The van der Waals surface area contributed by atoms with Crippen LogP contribution < -0.4 is 5.43 Å². The van der Waals surface area contributed by atoms with Crippen molar-refractivity contribution in [2.24, 2.45) is 0 Å². The molecule has 0 N–H and O–H groups in total. The van der Waals surface area contributed by atoms with E-state index in [-0.39, 0.29) is 17.9 Å². The summed E-state index contributed by atoms with van der Waals surface area (Å²) < 4.78 is 7.45. The van der Waals surface area contributed by atoms with Crippen molar-refractivity contribution in [3.63, 3.8) is 0 Å². The van der Waals surface area contributed by atoms with Gasteiger partial charge in [-0.2, -0.15) is 4.98 Å². The topological polar surface area (TPSA) is 84.5 Å². The van der Waals surface area contributed by atoms with E-state index < -0.39 is 0 Å². The van der Waals surface area contributed by atoms with Gasteiger partial charge < -0.3 is 14.0 Å². The summed E-state index contributed by atoms with van der Waals surface area (Å²) in [6, 6.07) is 23.0. The van der Waals surface area contributed by atoms with Gasteiger partial charge in [-0.3, -0.25) is 14.5 Å². The number of carbonyl (C=O) groups is 1. The molecule has 2 aromatic heterocycles. The average Bonchev–Trinajstić information content (AvgIpc) is 3.40. The number of para-hydroxylation sites is 2. The SMILES string of the molecule is Cc1ccc(-c2noc(CN3CCN(C(=O)Cn4c5ccccc5c(=O)c5ccccc54)CC3)n2)cc1. The predicted octanol–water partition coefficient (Wildman–Crippen LogP) is 3.86. The minimum atomic E-state index is -0.00456. The van der Waals surface area contributed by atoms with E-state index in [1.54, 1.807) is 0 Å². The molecule has 1 saturated heterocycles. The highest BCUT2D eigenvalue weighted by Crippen LogP contribution is 2.20. The fourth-order valence-electron chi connectivity index (χ4n) is 4.97.